The van der Waals surface area contributed by atoms with Gasteiger partial charge in [-0.2, -0.15) is 0 Å². The van der Waals surface area contributed by atoms with Crippen LogP contribution in [0.5, 0.6) is 0 Å². The van der Waals surface area contributed by atoms with E-state index in [1.807, 2.05) is 0 Å². The van der Waals surface area contributed by atoms with Crippen LogP contribution in [-0.4, -0.2) is 35.8 Å². The SMILES string of the molecule is CCC(C(=O)O)S(=O)(=O)c1cc(C(=O)O)ccc1C. The highest BCUT2D eigenvalue weighted by atomic mass is 32.2. The molecule has 0 aliphatic heterocycles. The average Bonchev–Trinajstić information content (AvgIpc) is 2.28. The lowest BCUT2D eigenvalue weighted by Gasteiger charge is -2.14. The van der Waals surface area contributed by atoms with Crippen LogP contribution in [0.25, 0.3) is 0 Å². The number of aryl methyl sites for hydroxylation is 1. The van der Waals surface area contributed by atoms with Crippen LogP contribution in [0.15, 0.2) is 23.1 Å². The van der Waals surface area contributed by atoms with Crippen LogP contribution in [0, 0.1) is 6.92 Å². The number of carboxylic acids is 2. The lowest BCUT2D eigenvalue weighted by Crippen LogP contribution is -2.30. The number of sulfone groups is 1. The van der Waals surface area contributed by atoms with Crippen LogP contribution in [0.1, 0.15) is 29.3 Å². The number of hydrogen-bond donors (Lipinski definition) is 2. The van der Waals surface area contributed by atoms with Crippen LogP contribution in [0.3, 0.4) is 0 Å². The first-order valence-corrected chi connectivity index (χ1v) is 7.07. The highest BCUT2D eigenvalue weighted by Gasteiger charge is 2.33. The van der Waals surface area contributed by atoms with E-state index in [0.717, 1.165) is 6.07 Å². The number of rotatable bonds is 5. The molecule has 0 saturated carbocycles. The van der Waals surface area contributed by atoms with E-state index in [0.29, 0.717) is 5.56 Å². The van der Waals surface area contributed by atoms with E-state index in [-0.39, 0.29) is 16.9 Å². The smallest absolute Gasteiger partial charge is 0.335 e. The van der Waals surface area contributed by atoms with Crippen LogP contribution in [0.4, 0.5) is 0 Å². The molecule has 1 atom stereocenters. The molecule has 1 aromatic carbocycles. The molecule has 1 aromatic rings. The molecule has 0 bridgehead atoms. The minimum Gasteiger partial charge on any atom is -0.480 e. The van der Waals surface area contributed by atoms with E-state index < -0.39 is 27.0 Å². The number of carbonyl (C=O) groups is 2. The maximum atomic E-state index is 12.2. The van der Waals surface area contributed by atoms with E-state index in [2.05, 4.69) is 0 Å². The van der Waals surface area contributed by atoms with Crippen molar-refractivity contribution in [3.8, 4) is 0 Å². The third-order valence-electron chi connectivity index (χ3n) is 2.76. The summed E-state index contributed by atoms with van der Waals surface area (Å²) in [6.45, 7) is 2.94. The molecule has 104 valence electrons. The number of hydrogen-bond acceptors (Lipinski definition) is 4. The Kier molecular flexibility index (Phi) is 4.31. The lowest BCUT2D eigenvalue weighted by atomic mass is 10.1. The second-order valence-electron chi connectivity index (χ2n) is 4.07. The number of carboxylic acid groups (broad SMARTS) is 2. The molecule has 7 heteroatoms. The van der Waals surface area contributed by atoms with E-state index in [4.69, 9.17) is 10.2 Å². The van der Waals surface area contributed by atoms with Crippen LogP contribution >= 0.6 is 0 Å². The van der Waals surface area contributed by atoms with Crippen molar-refractivity contribution in [2.75, 3.05) is 0 Å². The fourth-order valence-corrected chi connectivity index (χ4v) is 3.54. The summed E-state index contributed by atoms with van der Waals surface area (Å²) in [5.74, 6) is -2.71. The van der Waals surface area contributed by atoms with Gasteiger partial charge in [-0.3, -0.25) is 4.79 Å². The zero-order valence-electron chi connectivity index (χ0n) is 10.5. The Bertz CT molecular complexity index is 617. The monoisotopic (exact) mass is 286 g/mol. The predicted molar refractivity (Wildman–Crippen MR) is 67.0 cm³/mol. The molecule has 0 amide bonds. The molecular formula is C12H14O6S. The van der Waals surface area contributed by atoms with Gasteiger partial charge in [-0.05, 0) is 31.0 Å². The third-order valence-corrected chi connectivity index (χ3v) is 5.10. The van der Waals surface area contributed by atoms with E-state index in [1.165, 1.54) is 26.0 Å². The summed E-state index contributed by atoms with van der Waals surface area (Å²) in [7, 11) is -4.10. The Labute approximate surface area is 110 Å². The van der Waals surface area contributed by atoms with Crippen molar-refractivity contribution < 1.29 is 28.2 Å². The Morgan fingerprint density at radius 3 is 2.26 bits per heavy atom. The van der Waals surface area contributed by atoms with Crippen molar-refractivity contribution >= 4 is 21.8 Å². The number of benzene rings is 1. The Balaban J connectivity index is 3.47. The molecule has 0 aliphatic carbocycles. The van der Waals surface area contributed by atoms with Gasteiger partial charge in [0, 0.05) is 0 Å². The lowest BCUT2D eigenvalue weighted by molar-refractivity contribution is -0.136. The summed E-state index contributed by atoms with van der Waals surface area (Å²) in [6, 6.07) is 3.63. The molecule has 1 unspecified atom stereocenters. The summed E-state index contributed by atoms with van der Waals surface area (Å²) in [5.41, 5.74) is 0.133. The Morgan fingerprint density at radius 2 is 1.84 bits per heavy atom. The molecule has 19 heavy (non-hydrogen) atoms. The maximum Gasteiger partial charge on any atom is 0.335 e. The fourth-order valence-electron chi connectivity index (χ4n) is 1.72. The zero-order chi connectivity index (χ0) is 14.8. The van der Waals surface area contributed by atoms with Gasteiger partial charge < -0.3 is 10.2 Å². The second-order valence-corrected chi connectivity index (χ2v) is 6.16. The largest absolute Gasteiger partial charge is 0.480 e. The molecule has 0 aliphatic rings. The molecule has 2 N–H and O–H groups in total. The van der Waals surface area contributed by atoms with E-state index >= 15 is 0 Å². The highest BCUT2D eigenvalue weighted by molar-refractivity contribution is 7.92. The topological polar surface area (TPSA) is 109 Å². The van der Waals surface area contributed by atoms with Gasteiger partial charge in [0.15, 0.2) is 15.1 Å². The summed E-state index contributed by atoms with van der Waals surface area (Å²) < 4.78 is 24.5. The molecule has 6 nitrogen and oxygen atoms in total. The van der Waals surface area contributed by atoms with Gasteiger partial charge in [0.2, 0.25) is 0 Å². The minimum absolute atomic E-state index is 0.0889. The molecule has 0 fully saturated rings. The molecule has 1 rings (SSSR count). The van der Waals surface area contributed by atoms with Crippen molar-refractivity contribution in [2.45, 2.75) is 30.4 Å². The third kappa shape index (κ3) is 2.93. The quantitative estimate of drug-likeness (QED) is 0.845. The van der Waals surface area contributed by atoms with Gasteiger partial charge in [0.05, 0.1) is 10.5 Å². The summed E-state index contributed by atoms with van der Waals surface area (Å²) in [6.07, 6.45) is -0.0889. The molecular weight excluding hydrogens is 272 g/mol. The average molecular weight is 286 g/mol. The Hall–Kier alpha value is -1.89. The van der Waals surface area contributed by atoms with Crippen LogP contribution in [0.2, 0.25) is 0 Å². The van der Waals surface area contributed by atoms with Crippen molar-refractivity contribution in [1.29, 1.82) is 0 Å². The van der Waals surface area contributed by atoms with Crippen LogP contribution < -0.4 is 0 Å². The van der Waals surface area contributed by atoms with Crippen molar-refractivity contribution in [3.63, 3.8) is 0 Å². The maximum absolute atomic E-state index is 12.2. The fraction of sp³-hybridized carbons (Fsp3) is 0.333. The summed E-state index contributed by atoms with van der Waals surface area (Å²) in [5, 5.41) is 16.2. The van der Waals surface area contributed by atoms with Gasteiger partial charge >= 0.3 is 11.9 Å². The van der Waals surface area contributed by atoms with E-state index in [9.17, 15) is 18.0 Å². The molecule has 0 heterocycles. The standard InChI is InChI=1S/C12H14O6S/c1-3-9(12(15)16)19(17,18)10-6-8(11(13)14)5-4-7(10)2/h4-6,9H,3H2,1-2H3,(H,13,14)(H,15,16). The summed E-state index contributed by atoms with van der Waals surface area (Å²) in [4.78, 5) is 21.6. The predicted octanol–water partition coefficient (Wildman–Crippen LogP) is 1.33. The minimum atomic E-state index is -4.10. The van der Waals surface area contributed by atoms with Gasteiger partial charge in [0.25, 0.3) is 0 Å². The molecule has 0 spiro atoms. The first-order chi connectivity index (χ1) is 8.71. The van der Waals surface area contributed by atoms with Crippen molar-refractivity contribution in [1.82, 2.24) is 0 Å². The zero-order valence-corrected chi connectivity index (χ0v) is 11.3. The molecule has 0 radical (unpaired) electrons. The van der Waals surface area contributed by atoms with Gasteiger partial charge in [-0.15, -0.1) is 0 Å². The normalized spacial score (nSPS) is 12.9. The van der Waals surface area contributed by atoms with Gasteiger partial charge in [-0.1, -0.05) is 13.0 Å². The van der Waals surface area contributed by atoms with E-state index in [1.54, 1.807) is 0 Å². The van der Waals surface area contributed by atoms with Crippen molar-refractivity contribution in [3.05, 3.63) is 29.3 Å². The second kappa shape index (κ2) is 5.40. The van der Waals surface area contributed by atoms with Gasteiger partial charge in [0.1, 0.15) is 0 Å². The van der Waals surface area contributed by atoms with Gasteiger partial charge in [-0.25, -0.2) is 13.2 Å². The van der Waals surface area contributed by atoms with Crippen molar-refractivity contribution in [2.24, 2.45) is 0 Å². The summed E-state index contributed by atoms with van der Waals surface area (Å²) >= 11 is 0. The first kappa shape index (κ1) is 15.2. The molecule has 0 aromatic heterocycles. The van der Waals surface area contributed by atoms with Crippen LogP contribution in [-0.2, 0) is 14.6 Å². The number of aromatic carboxylic acids is 1. The molecule has 0 saturated heterocycles. The Morgan fingerprint density at radius 1 is 1.26 bits per heavy atom. The number of aliphatic carboxylic acids is 1. The highest BCUT2D eigenvalue weighted by Crippen LogP contribution is 2.23. The first-order valence-electron chi connectivity index (χ1n) is 5.52.